The highest BCUT2D eigenvalue weighted by atomic mass is 35.5. The van der Waals surface area contributed by atoms with Crippen molar-refractivity contribution in [3.8, 4) is 0 Å². The highest BCUT2D eigenvalue weighted by Crippen LogP contribution is 2.19. The molecule has 90 valence electrons. The molecule has 0 saturated carbocycles. The molecule has 2 aromatic rings. The zero-order valence-corrected chi connectivity index (χ0v) is 10.4. The van der Waals surface area contributed by atoms with E-state index >= 15 is 0 Å². The van der Waals surface area contributed by atoms with E-state index in [0.717, 1.165) is 0 Å². The van der Waals surface area contributed by atoms with E-state index in [1.54, 1.807) is 18.2 Å². The number of fused-ring (bicyclic) bond motifs is 1. The van der Waals surface area contributed by atoms with Crippen LogP contribution in [0.1, 0.15) is 0 Å². The summed E-state index contributed by atoms with van der Waals surface area (Å²) in [4.78, 5) is 10.5. The lowest BCUT2D eigenvalue weighted by molar-refractivity contribution is 0.153. The number of nitrogens with one attached hydrogen (secondary N) is 1. The minimum Gasteiger partial charge on any atom is -0.290 e. The summed E-state index contributed by atoms with van der Waals surface area (Å²) in [5.74, 6) is 0. The minimum atomic E-state index is -3.64. The van der Waals surface area contributed by atoms with Crippen LogP contribution in [0.25, 0.3) is 10.9 Å². The van der Waals surface area contributed by atoms with Gasteiger partial charge in [0.2, 0.25) is 0 Å². The lowest BCUT2D eigenvalue weighted by Crippen LogP contribution is -2.22. The van der Waals surface area contributed by atoms with Gasteiger partial charge in [-0.2, -0.15) is 0 Å². The Balaban J connectivity index is 2.56. The molecule has 7 heteroatoms. The van der Waals surface area contributed by atoms with Crippen LogP contribution in [0.5, 0.6) is 0 Å². The Morgan fingerprint density at radius 1 is 1.29 bits per heavy atom. The number of pyridine rings is 1. The Morgan fingerprint density at radius 3 is 2.76 bits per heavy atom. The first-order chi connectivity index (χ1) is 8.03. The summed E-state index contributed by atoms with van der Waals surface area (Å²) in [7, 11) is -2.41. The zero-order valence-electron chi connectivity index (χ0n) is 8.84. The molecule has 0 atom stereocenters. The van der Waals surface area contributed by atoms with E-state index in [0.29, 0.717) is 16.1 Å². The van der Waals surface area contributed by atoms with Crippen molar-refractivity contribution >= 4 is 32.5 Å². The van der Waals surface area contributed by atoms with Gasteiger partial charge in [0, 0.05) is 5.39 Å². The van der Waals surface area contributed by atoms with Gasteiger partial charge in [0.15, 0.2) is 0 Å². The smallest absolute Gasteiger partial charge is 0.262 e. The maximum atomic E-state index is 11.7. The summed E-state index contributed by atoms with van der Waals surface area (Å²) in [5, 5.41) is 1.05. The molecule has 0 aliphatic rings. The molecule has 1 N–H and O–H groups in total. The van der Waals surface area contributed by atoms with E-state index in [-0.39, 0.29) is 4.90 Å². The Labute approximate surface area is 103 Å². The van der Waals surface area contributed by atoms with E-state index in [4.69, 9.17) is 11.6 Å². The standard InChI is InChI=1S/C10H9ClN2O3S/c1-16-13-17(14,15)8-3-4-9-7(6-8)2-5-10(11)12-9/h2-6,13H,1H3. The quantitative estimate of drug-likeness (QED) is 0.682. The van der Waals surface area contributed by atoms with Gasteiger partial charge < -0.3 is 0 Å². The molecule has 0 spiro atoms. The van der Waals surface area contributed by atoms with Crippen molar-refractivity contribution in [1.29, 1.82) is 0 Å². The molecule has 1 aromatic heterocycles. The van der Waals surface area contributed by atoms with Gasteiger partial charge in [0.05, 0.1) is 17.5 Å². The summed E-state index contributed by atoms with van der Waals surface area (Å²) in [6, 6.07) is 7.83. The topological polar surface area (TPSA) is 68.3 Å². The van der Waals surface area contributed by atoms with Crippen LogP contribution in [-0.2, 0) is 14.9 Å². The van der Waals surface area contributed by atoms with Gasteiger partial charge in [-0.25, -0.2) is 13.4 Å². The maximum absolute atomic E-state index is 11.7. The van der Waals surface area contributed by atoms with E-state index in [1.165, 1.54) is 19.2 Å². The van der Waals surface area contributed by atoms with Crippen LogP contribution in [0.2, 0.25) is 5.15 Å². The number of benzene rings is 1. The van der Waals surface area contributed by atoms with Crippen molar-refractivity contribution in [2.24, 2.45) is 0 Å². The third-order valence-corrected chi connectivity index (χ3v) is 3.60. The van der Waals surface area contributed by atoms with Crippen LogP contribution in [0, 0.1) is 0 Å². The third kappa shape index (κ3) is 2.55. The second kappa shape index (κ2) is 4.58. The Kier molecular flexibility index (Phi) is 3.30. The Bertz CT molecular complexity index is 658. The lowest BCUT2D eigenvalue weighted by Gasteiger charge is -2.05. The molecule has 0 aliphatic carbocycles. The maximum Gasteiger partial charge on any atom is 0.262 e. The largest absolute Gasteiger partial charge is 0.290 e. The highest BCUT2D eigenvalue weighted by molar-refractivity contribution is 7.89. The average Bonchev–Trinajstić information content (AvgIpc) is 2.28. The number of rotatable bonds is 3. The van der Waals surface area contributed by atoms with E-state index in [2.05, 4.69) is 9.82 Å². The van der Waals surface area contributed by atoms with Gasteiger partial charge in [-0.05, 0) is 30.3 Å². The SMILES string of the molecule is CONS(=O)(=O)c1ccc2nc(Cl)ccc2c1. The van der Waals surface area contributed by atoms with Gasteiger partial charge in [-0.1, -0.05) is 16.5 Å². The summed E-state index contributed by atoms with van der Waals surface area (Å²) < 4.78 is 23.3. The van der Waals surface area contributed by atoms with Gasteiger partial charge in [-0.3, -0.25) is 4.84 Å². The monoisotopic (exact) mass is 272 g/mol. The number of nitrogens with zero attached hydrogens (tertiary/aromatic N) is 1. The van der Waals surface area contributed by atoms with Crippen LogP contribution in [0.15, 0.2) is 35.2 Å². The first kappa shape index (κ1) is 12.3. The number of hydrogen-bond acceptors (Lipinski definition) is 4. The van der Waals surface area contributed by atoms with E-state index in [1.807, 2.05) is 4.89 Å². The molecular weight excluding hydrogens is 264 g/mol. The van der Waals surface area contributed by atoms with Crippen LogP contribution in [0.3, 0.4) is 0 Å². The van der Waals surface area contributed by atoms with Gasteiger partial charge >= 0.3 is 0 Å². The van der Waals surface area contributed by atoms with E-state index in [9.17, 15) is 8.42 Å². The second-order valence-corrected chi connectivity index (χ2v) is 5.31. The third-order valence-electron chi connectivity index (χ3n) is 2.13. The lowest BCUT2D eigenvalue weighted by atomic mass is 10.2. The fourth-order valence-corrected chi connectivity index (χ4v) is 2.40. The molecule has 2 rings (SSSR count). The number of sulfonamides is 1. The fourth-order valence-electron chi connectivity index (χ4n) is 1.40. The number of halogens is 1. The normalized spacial score (nSPS) is 11.9. The predicted octanol–water partition coefficient (Wildman–Crippen LogP) is 1.73. The summed E-state index contributed by atoms with van der Waals surface area (Å²) in [5.41, 5.74) is 0.633. The molecule has 0 radical (unpaired) electrons. The average molecular weight is 273 g/mol. The summed E-state index contributed by atoms with van der Waals surface area (Å²) >= 11 is 5.74. The summed E-state index contributed by atoms with van der Waals surface area (Å²) in [6.07, 6.45) is 0. The van der Waals surface area contributed by atoms with Crippen LogP contribution < -0.4 is 4.89 Å². The predicted molar refractivity (Wildman–Crippen MR) is 64.1 cm³/mol. The van der Waals surface area contributed by atoms with Crippen molar-refractivity contribution in [2.75, 3.05) is 7.11 Å². The molecule has 0 saturated heterocycles. The second-order valence-electron chi connectivity index (χ2n) is 3.28. The van der Waals surface area contributed by atoms with Crippen molar-refractivity contribution in [1.82, 2.24) is 9.87 Å². The van der Waals surface area contributed by atoms with Gasteiger partial charge in [0.1, 0.15) is 5.15 Å². The highest BCUT2D eigenvalue weighted by Gasteiger charge is 2.13. The molecule has 0 amide bonds. The van der Waals surface area contributed by atoms with Crippen molar-refractivity contribution in [3.63, 3.8) is 0 Å². The molecule has 5 nitrogen and oxygen atoms in total. The first-order valence-corrected chi connectivity index (χ1v) is 6.50. The zero-order chi connectivity index (χ0) is 12.5. The molecule has 1 aromatic carbocycles. The Morgan fingerprint density at radius 2 is 2.06 bits per heavy atom. The van der Waals surface area contributed by atoms with Crippen LogP contribution in [0.4, 0.5) is 0 Å². The number of hydrogen-bond donors (Lipinski definition) is 1. The number of aromatic nitrogens is 1. The molecule has 0 unspecified atom stereocenters. The van der Waals surface area contributed by atoms with Crippen molar-refractivity contribution in [3.05, 3.63) is 35.5 Å². The fraction of sp³-hybridized carbons (Fsp3) is 0.100. The van der Waals surface area contributed by atoms with Crippen molar-refractivity contribution < 1.29 is 13.3 Å². The Hall–Kier alpha value is -1.21. The molecule has 17 heavy (non-hydrogen) atoms. The first-order valence-electron chi connectivity index (χ1n) is 4.64. The van der Waals surface area contributed by atoms with E-state index < -0.39 is 10.0 Å². The molecule has 0 fully saturated rings. The molecule has 0 aliphatic heterocycles. The van der Waals surface area contributed by atoms with Crippen LogP contribution in [-0.4, -0.2) is 20.5 Å². The molecular formula is C10H9ClN2O3S. The van der Waals surface area contributed by atoms with Gasteiger partial charge in [0.25, 0.3) is 10.0 Å². The molecule has 1 heterocycles. The minimum absolute atomic E-state index is 0.107. The van der Waals surface area contributed by atoms with Crippen molar-refractivity contribution in [2.45, 2.75) is 4.90 Å². The summed E-state index contributed by atoms with van der Waals surface area (Å²) in [6.45, 7) is 0. The van der Waals surface area contributed by atoms with Gasteiger partial charge in [-0.15, -0.1) is 0 Å². The van der Waals surface area contributed by atoms with Crippen LogP contribution >= 0.6 is 11.6 Å². The molecule has 0 bridgehead atoms.